The van der Waals surface area contributed by atoms with Crippen LogP contribution < -0.4 is 20.1 Å². The molecule has 0 aromatic heterocycles. The monoisotopic (exact) mass is 294 g/mol. The van der Waals surface area contributed by atoms with Gasteiger partial charge in [-0.15, -0.1) is 0 Å². The Balaban J connectivity index is 2.12. The summed E-state index contributed by atoms with van der Waals surface area (Å²) in [7, 11) is 3.20. The largest absolute Gasteiger partial charge is 0.493 e. The van der Waals surface area contributed by atoms with Gasteiger partial charge in [0.25, 0.3) is 0 Å². The van der Waals surface area contributed by atoms with Gasteiger partial charge < -0.3 is 25.2 Å². The first-order chi connectivity index (χ1) is 9.99. The summed E-state index contributed by atoms with van der Waals surface area (Å²) in [5.41, 5.74) is 0.655. The van der Waals surface area contributed by atoms with Crippen molar-refractivity contribution in [2.24, 2.45) is 0 Å². The molecule has 1 heterocycles. The van der Waals surface area contributed by atoms with Crippen molar-refractivity contribution in [2.75, 3.05) is 27.3 Å². The Morgan fingerprint density at radius 2 is 2.05 bits per heavy atom. The van der Waals surface area contributed by atoms with Gasteiger partial charge in [0.2, 0.25) is 0 Å². The first kappa shape index (κ1) is 15.6. The highest BCUT2D eigenvalue weighted by molar-refractivity contribution is 5.69. The fourth-order valence-electron chi connectivity index (χ4n) is 2.66. The lowest BCUT2D eigenvalue weighted by Gasteiger charge is -2.44. The van der Waals surface area contributed by atoms with Gasteiger partial charge in [0.15, 0.2) is 11.5 Å². The van der Waals surface area contributed by atoms with Gasteiger partial charge in [-0.1, -0.05) is 6.07 Å². The van der Waals surface area contributed by atoms with E-state index in [4.69, 9.17) is 14.6 Å². The molecule has 2 rings (SSSR count). The second-order valence-corrected chi connectivity index (χ2v) is 5.43. The molecule has 21 heavy (non-hydrogen) atoms. The van der Waals surface area contributed by atoms with Crippen LogP contribution in [-0.4, -0.2) is 43.9 Å². The van der Waals surface area contributed by atoms with Gasteiger partial charge in [-0.05, 0) is 24.6 Å². The molecule has 0 aliphatic carbocycles. The standard InChI is InChI=1S/C15H22N2O4/c1-10(17-15(7-14(18)19)8-16-9-15)11-4-5-12(20-2)13(6-11)21-3/h4-6,10,16-17H,7-9H2,1-3H3,(H,18,19). The molecular weight excluding hydrogens is 272 g/mol. The van der Waals surface area contributed by atoms with Crippen LogP contribution in [0.2, 0.25) is 0 Å². The zero-order valence-electron chi connectivity index (χ0n) is 12.6. The zero-order chi connectivity index (χ0) is 15.5. The van der Waals surface area contributed by atoms with E-state index in [9.17, 15) is 4.79 Å². The minimum atomic E-state index is -0.788. The Morgan fingerprint density at radius 1 is 1.38 bits per heavy atom. The molecule has 116 valence electrons. The summed E-state index contributed by atoms with van der Waals surface area (Å²) < 4.78 is 10.5. The zero-order valence-corrected chi connectivity index (χ0v) is 12.6. The molecule has 3 N–H and O–H groups in total. The van der Waals surface area contributed by atoms with Gasteiger partial charge in [-0.3, -0.25) is 4.79 Å². The van der Waals surface area contributed by atoms with E-state index in [1.54, 1.807) is 14.2 Å². The van der Waals surface area contributed by atoms with Crippen LogP contribution in [0.5, 0.6) is 11.5 Å². The Hall–Kier alpha value is -1.79. The minimum absolute atomic E-state index is 0.0197. The summed E-state index contributed by atoms with van der Waals surface area (Å²) in [4.78, 5) is 11.0. The van der Waals surface area contributed by atoms with Crippen LogP contribution in [0.25, 0.3) is 0 Å². The Kier molecular flexibility index (Phi) is 4.69. The molecule has 1 saturated heterocycles. The van der Waals surface area contributed by atoms with E-state index in [0.29, 0.717) is 24.6 Å². The predicted octanol–water partition coefficient (Wildman–Crippen LogP) is 1.17. The highest BCUT2D eigenvalue weighted by atomic mass is 16.5. The summed E-state index contributed by atoms with van der Waals surface area (Å²) in [5.74, 6) is 0.560. The third-order valence-electron chi connectivity index (χ3n) is 3.85. The van der Waals surface area contributed by atoms with Gasteiger partial charge in [0, 0.05) is 19.1 Å². The quantitative estimate of drug-likeness (QED) is 0.700. The number of ether oxygens (including phenoxy) is 2. The van der Waals surface area contributed by atoms with Crippen molar-refractivity contribution in [2.45, 2.75) is 24.9 Å². The van der Waals surface area contributed by atoms with Crippen molar-refractivity contribution >= 4 is 5.97 Å². The molecule has 1 aliphatic heterocycles. The lowest BCUT2D eigenvalue weighted by Crippen LogP contribution is -2.68. The van der Waals surface area contributed by atoms with E-state index in [1.807, 2.05) is 25.1 Å². The van der Waals surface area contributed by atoms with Crippen LogP contribution in [0.3, 0.4) is 0 Å². The van der Waals surface area contributed by atoms with Gasteiger partial charge in [-0.2, -0.15) is 0 Å². The first-order valence-corrected chi connectivity index (χ1v) is 6.92. The molecular formula is C15H22N2O4. The summed E-state index contributed by atoms with van der Waals surface area (Å²) >= 11 is 0. The van der Waals surface area contributed by atoms with Crippen molar-refractivity contribution in [3.63, 3.8) is 0 Å². The molecule has 1 fully saturated rings. The maximum absolute atomic E-state index is 11.0. The third kappa shape index (κ3) is 3.46. The summed E-state index contributed by atoms with van der Waals surface area (Å²) in [6.45, 7) is 3.34. The highest BCUT2D eigenvalue weighted by Gasteiger charge is 2.40. The van der Waals surface area contributed by atoms with E-state index in [1.165, 1.54) is 0 Å². The first-order valence-electron chi connectivity index (χ1n) is 6.92. The number of methoxy groups -OCH3 is 2. The summed E-state index contributed by atoms with van der Waals surface area (Å²) in [6, 6.07) is 5.75. The van der Waals surface area contributed by atoms with Gasteiger partial charge in [0.05, 0.1) is 26.2 Å². The molecule has 0 spiro atoms. The average Bonchev–Trinajstić information content (AvgIpc) is 2.43. The second-order valence-electron chi connectivity index (χ2n) is 5.43. The summed E-state index contributed by atoms with van der Waals surface area (Å²) in [6.07, 6.45) is 0.109. The topological polar surface area (TPSA) is 79.8 Å². The molecule has 1 unspecified atom stereocenters. The minimum Gasteiger partial charge on any atom is -0.493 e. The van der Waals surface area contributed by atoms with E-state index >= 15 is 0 Å². The van der Waals surface area contributed by atoms with Crippen LogP contribution >= 0.6 is 0 Å². The van der Waals surface area contributed by atoms with E-state index < -0.39 is 5.97 Å². The number of aliphatic carboxylic acids is 1. The Morgan fingerprint density at radius 3 is 2.52 bits per heavy atom. The van der Waals surface area contributed by atoms with Crippen molar-refractivity contribution in [3.05, 3.63) is 23.8 Å². The smallest absolute Gasteiger partial charge is 0.305 e. The van der Waals surface area contributed by atoms with Crippen molar-refractivity contribution < 1.29 is 19.4 Å². The SMILES string of the molecule is COc1ccc(C(C)NC2(CC(=O)O)CNC2)cc1OC. The number of carbonyl (C=O) groups is 1. The van der Waals surface area contributed by atoms with Crippen LogP contribution in [0.4, 0.5) is 0 Å². The fourth-order valence-corrected chi connectivity index (χ4v) is 2.66. The molecule has 1 atom stereocenters. The predicted molar refractivity (Wildman–Crippen MR) is 79.0 cm³/mol. The van der Waals surface area contributed by atoms with E-state index in [0.717, 1.165) is 5.56 Å². The maximum atomic E-state index is 11.0. The van der Waals surface area contributed by atoms with Crippen molar-refractivity contribution in [1.82, 2.24) is 10.6 Å². The number of hydrogen-bond acceptors (Lipinski definition) is 5. The molecule has 1 aromatic rings. The molecule has 0 amide bonds. The second kappa shape index (κ2) is 6.32. The summed E-state index contributed by atoms with van der Waals surface area (Å²) in [5, 5.41) is 15.6. The van der Waals surface area contributed by atoms with Gasteiger partial charge in [-0.25, -0.2) is 0 Å². The van der Waals surface area contributed by atoms with E-state index in [-0.39, 0.29) is 18.0 Å². The molecule has 0 saturated carbocycles. The Bertz CT molecular complexity index is 514. The lowest BCUT2D eigenvalue weighted by molar-refractivity contribution is -0.139. The van der Waals surface area contributed by atoms with Crippen LogP contribution in [0, 0.1) is 0 Å². The molecule has 0 bridgehead atoms. The third-order valence-corrected chi connectivity index (χ3v) is 3.85. The van der Waals surface area contributed by atoms with Crippen LogP contribution in [-0.2, 0) is 4.79 Å². The van der Waals surface area contributed by atoms with Crippen molar-refractivity contribution in [3.8, 4) is 11.5 Å². The molecule has 1 aromatic carbocycles. The highest BCUT2D eigenvalue weighted by Crippen LogP contribution is 2.31. The Labute approximate surface area is 124 Å². The number of benzene rings is 1. The normalized spacial score (nSPS) is 17.7. The molecule has 6 heteroatoms. The van der Waals surface area contributed by atoms with E-state index in [2.05, 4.69) is 10.6 Å². The number of hydrogen-bond donors (Lipinski definition) is 3. The van der Waals surface area contributed by atoms with Crippen LogP contribution in [0.1, 0.15) is 24.9 Å². The molecule has 0 radical (unpaired) electrons. The average molecular weight is 294 g/mol. The lowest BCUT2D eigenvalue weighted by atomic mass is 9.87. The number of rotatable bonds is 7. The van der Waals surface area contributed by atoms with Gasteiger partial charge in [0.1, 0.15) is 0 Å². The maximum Gasteiger partial charge on any atom is 0.305 e. The van der Waals surface area contributed by atoms with Crippen LogP contribution in [0.15, 0.2) is 18.2 Å². The van der Waals surface area contributed by atoms with Crippen molar-refractivity contribution in [1.29, 1.82) is 0 Å². The number of carboxylic acids is 1. The van der Waals surface area contributed by atoms with Gasteiger partial charge >= 0.3 is 5.97 Å². The fraction of sp³-hybridized carbons (Fsp3) is 0.533. The number of nitrogens with one attached hydrogen (secondary N) is 2. The molecule has 6 nitrogen and oxygen atoms in total. The number of carboxylic acid groups (broad SMARTS) is 1. The molecule has 1 aliphatic rings.